The van der Waals surface area contributed by atoms with Gasteiger partial charge in [0.25, 0.3) is 0 Å². The second-order valence-electron chi connectivity index (χ2n) is 4.55. The molecule has 2 aromatic carbocycles. The molecule has 0 aliphatic carbocycles. The molecule has 21 heavy (non-hydrogen) atoms. The first-order valence-corrected chi connectivity index (χ1v) is 7.08. The van der Waals surface area contributed by atoms with Crippen LogP contribution in [-0.2, 0) is 6.42 Å². The zero-order valence-electron chi connectivity index (χ0n) is 11.4. The highest BCUT2D eigenvalue weighted by Gasteiger charge is 2.15. The van der Waals surface area contributed by atoms with Gasteiger partial charge in [-0.05, 0) is 41.8 Å². The fraction of sp³-hybridized carbons (Fsp3) is 0.200. The zero-order chi connectivity index (χ0) is 15.4. The minimum atomic E-state index is -0.480. The first kappa shape index (κ1) is 15.9. The van der Waals surface area contributed by atoms with E-state index in [1.165, 1.54) is 25.3 Å². The highest BCUT2D eigenvalue weighted by atomic mass is 79.9. The third-order valence-corrected chi connectivity index (χ3v) is 3.71. The monoisotopic (exact) mass is 356 g/mol. The summed E-state index contributed by atoms with van der Waals surface area (Å²) in [7, 11) is 1.40. The molecule has 0 bridgehead atoms. The number of halogens is 3. The zero-order valence-corrected chi connectivity index (χ0v) is 13.0. The molecule has 0 radical (unpaired) electrons. The number of nitrogens with two attached hydrogens (primary N) is 1. The van der Waals surface area contributed by atoms with E-state index < -0.39 is 11.9 Å². The van der Waals surface area contributed by atoms with E-state index >= 15 is 0 Å². The lowest BCUT2D eigenvalue weighted by Crippen LogP contribution is -2.29. The van der Waals surface area contributed by atoms with E-state index in [9.17, 15) is 8.78 Å². The van der Waals surface area contributed by atoms with Crippen molar-refractivity contribution < 1.29 is 13.5 Å². The second-order valence-corrected chi connectivity index (χ2v) is 5.47. The summed E-state index contributed by atoms with van der Waals surface area (Å²) in [6, 6.07) is 8.96. The van der Waals surface area contributed by atoms with Crippen molar-refractivity contribution in [2.24, 2.45) is 5.84 Å². The van der Waals surface area contributed by atoms with Crippen LogP contribution in [0.5, 0.6) is 5.75 Å². The topological polar surface area (TPSA) is 47.3 Å². The summed E-state index contributed by atoms with van der Waals surface area (Å²) < 4.78 is 33.1. The summed E-state index contributed by atoms with van der Waals surface area (Å²) in [5.41, 5.74) is 3.71. The molecule has 0 aliphatic heterocycles. The molecule has 3 N–H and O–H groups in total. The Kier molecular flexibility index (Phi) is 5.27. The molecule has 0 saturated heterocycles. The summed E-state index contributed by atoms with van der Waals surface area (Å²) in [4.78, 5) is 0. The number of methoxy groups -OCH3 is 1. The minimum Gasteiger partial charge on any atom is -0.494 e. The number of ether oxygens (including phenoxy) is 1. The van der Waals surface area contributed by atoms with Gasteiger partial charge >= 0.3 is 0 Å². The quantitative estimate of drug-likeness (QED) is 0.636. The molecule has 0 aliphatic rings. The molecule has 2 rings (SSSR count). The summed E-state index contributed by atoms with van der Waals surface area (Å²) >= 11 is 3.21. The number of nitrogens with one attached hydrogen (secondary N) is 1. The van der Waals surface area contributed by atoms with E-state index in [-0.39, 0.29) is 11.6 Å². The molecule has 6 heteroatoms. The highest BCUT2D eigenvalue weighted by Crippen LogP contribution is 2.25. The maximum atomic E-state index is 13.9. The molecule has 1 unspecified atom stereocenters. The Hall–Kier alpha value is -1.50. The minimum absolute atomic E-state index is 0.157. The van der Waals surface area contributed by atoms with Gasteiger partial charge in [0.15, 0.2) is 11.6 Å². The first-order valence-electron chi connectivity index (χ1n) is 6.28. The van der Waals surface area contributed by atoms with Gasteiger partial charge in [-0.1, -0.05) is 28.1 Å². The van der Waals surface area contributed by atoms with E-state index in [1.54, 1.807) is 18.2 Å². The van der Waals surface area contributed by atoms with Crippen molar-refractivity contribution in [1.82, 2.24) is 5.43 Å². The van der Waals surface area contributed by atoms with Crippen molar-refractivity contribution >= 4 is 15.9 Å². The lowest BCUT2D eigenvalue weighted by Gasteiger charge is -2.17. The Balaban J connectivity index is 2.25. The van der Waals surface area contributed by atoms with Crippen molar-refractivity contribution in [3.8, 4) is 5.75 Å². The molecule has 1 atom stereocenters. The normalized spacial score (nSPS) is 12.2. The maximum absolute atomic E-state index is 13.9. The first-order chi connectivity index (χ1) is 10.0. The van der Waals surface area contributed by atoms with Crippen LogP contribution in [0.2, 0.25) is 0 Å². The molecular weight excluding hydrogens is 342 g/mol. The standard InChI is InChI=1S/C15H15BrF2N2O/c1-21-15-5-3-10(6-13(15)18)14(20-19)7-9-2-4-11(16)8-12(9)17/h2-6,8,14,20H,7,19H2,1H3. The molecular formula is C15H15BrF2N2O. The average molecular weight is 357 g/mol. The highest BCUT2D eigenvalue weighted by molar-refractivity contribution is 9.10. The van der Waals surface area contributed by atoms with Gasteiger partial charge in [-0.2, -0.15) is 0 Å². The lowest BCUT2D eigenvalue weighted by atomic mass is 9.99. The van der Waals surface area contributed by atoms with Crippen molar-refractivity contribution in [3.05, 3.63) is 63.6 Å². The van der Waals surface area contributed by atoms with Crippen LogP contribution < -0.4 is 16.0 Å². The fourth-order valence-corrected chi connectivity index (χ4v) is 2.41. The Morgan fingerprint density at radius 2 is 1.95 bits per heavy atom. The Morgan fingerprint density at radius 1 is 1.19 bits per heavy atom. The van der Waals surface area contributed by atoms with E-state index in [1.807, 2.05) is 0 Å². The predicted molar refractivity (Wildman–Crippen MR) is 80.8 cm³/mol. The number of rotatable bonds is 5. The van der Waals surface area contributed by atoms with Crippen LogP contribution in [0.3, 0.4) is 0 Å². The van der Waals surface area contributed by atoms with Crippen molar-refractivity contribution in [1.29, 1.82) is 0 Å². The van der Waals surface area contributed by atoms with Crippen molar-refractivity contribution in [3.63, 3.8) is 0 Å². The van der Waals surface area contributed by atoms with Crippen LogP contribution in [-0.4, -0.2) is 7.11 Å². The smallest absolute Gasteiger partial charge is 0.165 e. The van der Waals surface area contributed by atoms with E-state index in [4.69, 9.17) is 10.6 Å². The van der Waals surface area contributed by atoms with Gasteiger partial charge in [-0.25, -0.2) is 8.78 Å². The Labute approximate surface area is 130 Å². The Morgan fingerprint density at radius 3 is 2.52 bits per heavy atom. The fourth-order valence-electron chi connectivity index (χ4n) is 2.08. The van der Waals surface area contributed by atoms with Crippen LogP contribution in [0.4, 0.5) is 8.78 Å². The molecule has 112 valence electrons. The predicted octanol–water partition coefficient (Wildman–Crippen LogP) is 3.48. The van der Waals surface area contributed by atoms with Gasteiger partial charge in [-0.3, -0.25) is 11.3 Å². The largest absolute Gasteiger partial charge is 0.494 e. The SMILES string of the molecule is COc1ccc(C(Cc2ccc(Br)cc2F)NN)cc1F. The van der Waals surface area contributed by atoms with Crippen molar-refractivity contribution in [2.75, 3.05) is 7.11 Å². The van der Waals surface area contributed by atoms with Crippen LogP contribution in [0, 0.1) is 11.6 Å². The summed E-state index contributed by atoms with van der Waals surface area (Å²) in [6.07, 6.45) is 0.307. The second kappa shape index (κ2) is 6.98. The molecule has 2 aromatic rings. The third kappa shape index (κ3) is 3.78. The molecule has 0 aromatic heterocycles. The number of hydrazine groups is 1. The van der Waals surface area contributed by atoms with Gasteiger partial charge in [-0.15, -0.1) is 0 Å². The number of benzene rings is 2. The van der Waals surface area contributed by atoms with Crippen LogP contribution in [0.15, 0.2) is 40.9 Å². The van der Waals surface area contributed by atoms with Gasteiger partial charge in [0.2, 0.25) is 0 Å². The molecule has 3 nitrogen and oxygen atoms in total. The van der Waals surface area contributed by atoms with Crippen molar-refractivity contribution in [2.45, 2.75) is 12.5 Å². The van der Waals surface area contributed by atoms with Gasteiger partial charge in [0.05, 0.1) is 13.2 Å². The Bertz CT molecular complexity index is 637. The number of hydrogen-bond acceptors (Lipinski definition) is 3. The van der Waals surface area contributed by atoms with Gasteiger partial charge in [0.1, 0.15) is 5.82 Å². The average Bonchev–Trinajstić information content (AvgIpc) is 2.46. The molecule has 0 fully saturated rings. The molecule has 0 spiro atoms. The van der Waals surface area contributed by atoms with E-state index in [0.29, 0.717) is 22.0 Å². The van der Waals surface area contributed by atoms with Gasteiger partial charge in [0, 0.05) is 4.47 Å². The number of hydrogen-bond donors (Lipinski definition) is 2. The third-order valence-electron chi connectivity index (χ3n) is 3.22. The van der Waals surface area contributed by atoms with E-state index in [0.717, 1.165) is 0 Å². The lowest BCUT2D eigenvalue weighted by molar-refractivity contribution is 0.385. The maximum Gasteiger partial charge on any atom is 0.165 e. The molecule has 0 amide bonds. The van der Waals surface area contributed by atoms with Gasteiger partial charge < -0.3 is 4.74 Å². The van der Waals surface area contributed by atoms with E-state index in [2.05, 4.69) is 21.4 Å². The summed E-state index contributed by atoms with van der Waals surface area (Å²) in [6.45, 7) is 0. The van der Waals surface area contributed by atoms with Crippen LogP contribution in [0.1, 0.15) is 17.2 Å². The molecule has 0 saturated carbocycles. The van der Waals surface area contributed by atoms with Crippen LogP contribution >= 0.6 is 15.9 Å². The summed E-state index contributed by atoms with van der Waals surface area (Å²) in [5, 5.41) is 0. The molecule has 0 heterocycles. The van der Waals surface area contributed by atoms with Crippen LogP contribution in [0.25, 0.3) is 0 Å². The summed E-state index contributed by atoms with van der Waals surface area (Å²) in [5.74, 6) is 4.86.